The van der Waals surface area contributed by atoms with Crippen LogP contribution in [0.1, 0.15) is 213 Å². The van der Waals surface area contributed by atoms with Crippen LogP contribution in [0.5, 0.6) is 0 Å². The highest BCUT2D eigenvalue weighted by Crippen LogP contribution is 2.13. The molecular formula is C45H102Cl3N3. The second-order valence-corrected chi connectivity index (χ2v) is 18.6. The van der Waals surface area contributed by atoms with Gasteiger partial charge in [-0.1, -0.05) is 175 Å². The molecule has 0 heterocycles. The molecule has 0 saturated heterocycles. The Labute approximate surface area is 345 Å². The molecule has 6 heteroatoms. The fourth-order valence-electron chi connectivity index (χ4n) is 6.22. The average molecular weight is 792 g/mol. The van der Waals surface area contributed by atoms with Gasteiger partial charge in [0.1, 0.15) is 0 Å². The lowest BCUT2D eigenvalue weighted by Gasteiger charge is -2.23. The number of hydrogen-bond acceptors (Lipinski definition) is 0. The van der Waals surface area contributed by atoms with Crippen LogP contribution in [0, 0.1) is 0 Å². The number of unbranched alkanes of at least 4 members (excludes halogenated alkanes) is 27. The lowest BCUT2D eigenvalue weighted by molar-refractivity contribution is -0.870. The van der Waals surface area contributed by atoms with E-state index in [-0.39, 0.29) is 37.2 Å². The van der Waals surface area contributed by atoms with Crippen LogP contribution in [0.2, 0.25) is 0 Å². The van der Waals surface area contributed by atoms with Crippen LogP contribution >= 0.6 is 0 Å². The van der Waals surface area contributed by atoms with E-state index in [0.29, 0.717) is 0 Å². The molecule has 0 aliphatic rings. The Balaban J connectivity index is -0.000000145. The van der Waals surface area contributed by atoms with Crippen molar-refractivity contribution in [2.24, 2.45) is 0 Å². The van der Waals surface area contributed by atoms with Gasteiger partial charge in [-0.15, -0.1) is 0 Å². The molecule has 0 amide bonds. The zero-order chi connectivity index (χ0) is 36.8. The molecule has 0 aliphatic heterocycles. The number of rotatable bonds is 33. The summed E-state index contributed by atoms with van der Waals surface area (Å²) < 4.78 is 3.37. The first-order valence-corrected chi connectivity index (χ1v) is 22.1. The Bertz CT molecular complexity index is 502. The molecule has 0 rings (SSSR count). The third-order valence-corrected chi connectivity index (χ3v) is 9.55. The summed E-state index contributed by atoms with van der Waals surface area (Å²) in [4.78, 5) is 0. The van der Waals surface area contributed by atoms with Crippen molar-refractivity contribution in [3.63, 3.8) is 0 Å². The number of hydrogen-bond donors (Lipinski definition) is 0. The summed E-state index contributed by atoms with van der Waals surface area (Å²) >= 11 is 0. The van der Waals surface area contributed by atoms with Crippen LogP contribution in [0.4, 0.5) is 0 Å². The van der Waals surface area contributed by atoms with Crippen LogP contribution in [-0.4, -0.2) is 96.5 Å². The van der Waals surface area contributed by atoms with Gasteiger partial charge < -0.3 is 50.7 Å². The van der Waals surface area contributed by atoms with Crippen molar-refractivity contribution in [3.05, 3.63) is 0 Å². The van der Waals surface area contributed by atoms with Crippen molar-refractivity contribution < 1.29 is 50.7 Å². The summed E-state index contributed by atoms with van der Waals surface area (Å²) in [6.45, 7) is 10.8. The summed E-state index contributed by atoms with van der Waals surface area (Å²) in [7, 11) is 20.6. The number of halogens is 3. The second kappa shape index (κ2) is 46.9. The average Bonchev–Trinajstić information content (AvgIpc) is 2.99. The molecule has 0 N–H and O–H groups in total. The Morgan fingerprint density at radius 1 is 0.196 bits per heavy atom. The molecule has 0 aromatic rings. The van der Waals surface area contributed by atoms with Crippen LogP contribution in [0.15, 0.2) is 0 Å². The monoisotopic (exact) mass is 790 g/mol. The van der Waals surface area contributed by atoms with E-state index in [0.717, 1.165) is 13.4 Å². The summed E-state index contributed by atoms with van der Waals surface area (Å²) in [5.74, 6) is 0. The molecule has 0 aliphatic carbocycles. The highest BCUT2D eigenvalue weighted by molar-refractivity contribution is 4.49. The zero-order valence-electron chi connectivity index (χ0n) is 37.8. The highest BCUT2D eigenvalue weighted by atomic mass is 35.5. The third-order valence-electron chi connectivity index (χ3n) is 9.55. The lowest BCUT2D eigenvalue weighted by Crippen LogP contribution is -3.00. The first-order chi connectivity index (χ1) is 22.7. The van der Waals surface area contributed by atoms with E-state index in [1.54, 1.807) is 0 Å². The fraction of sp³-hybridized carbons (Fsp3) is 1.00. The molecule has 51 heavy (non-hydrogen) atoms. The molecule has 0 aromatic carbocycles. The van der Waals surface area contributed by atoms with Gasteiger partial charge in [0.15, 0.2) is 0 Å². The minimum atomic E-state index is 0. The molecule has 3 nitrogen and oxygen atoms in total. The molecule has 318 valence electrons. The molecule has 0 aromatic heterocycles. The van der Waals surface area contributed by atoms with Gasteiger partial charge in [0.05, 0.1) is 83.1 Å². The Morgan fingerprint density at radius 3 is 0.431 bits per heavy atom. The Hall–Kier alpha value is 0.750. The molecular weight excluding hydrogens is 689 g/mol. The van der Waals surface area contributed by atoms with Gasteiger partial charge in [0.2, 0.25) is 0 Å². The van der Waals surface area contributed by atoms with Gasteiger partial charge >= 0.3 is 0 Å². The van der Waals surface area contributed by atoms with Crippen LogP contribution in [0.3, 0.4) is 0 Å². The third kappa shape index (κ3) is 76.3. The van der Waals surface area contributed by atoms with Crippen molar-refractivity contribution in [1.82, 2.24) is 0 Å². The summed E-state index contributed by atoms with van der Waals surface area (Å²) in [5, 5.41) is 0. The first kappa shape index (κ1) is 63.7. The normalized spacial score (nSPS) is 11.3. The van der Waals surface area contributed by atoms with Crippen LogP contribution in [0.25, 0.3) is 0 Å². The van der Waals surface area contributed by atoms with Gasteiger partial charge in [0, 0.05) is 0 Å². The number of nitrogens with zero attached hydrogens (tertiary/aromatic N) is 3. The number of quaternary nitrogens is 3. The predicted molar refractivity (Wildman–Crippen MR) is 224 cm³/mol. The molecule has 0 radical (unpaired) electrons. The van der Waals surface area contributed by atoms with Crippen molar-refractivity contribution >= 4 is 0 Å². The SMILES string of the molecule is CCCCCCCCCCCC[N+](C)(C)C.CCCCCCCCCCCC[N+](C)(C)C.CCCCCCCCCCCC[N+](C)(C)C.[Cl-].[Cl-].[Cl-]. The molecule has 0 unspecified atom stereocenters. The van der Waals surface area contributed by atoms with E-state index in [4.69, 9.17) is 0 Å². The minimum absolute atomic E-state index is 0. The largest absolute Gasteiger partial charge is 1.00 e. The molecule has 0 saturated carbocycles. The van der Waals surface area contributed by atoms with E-state index in [1.807, 2.05) is 0 Å². The van der Waals surface area contributed by atoms with Crippen molar-refractivity contribution in [2.75, 3.05) is 83.1 Å². The maximum absolute atomic E-state index is 2.29. The maximum Gasteiger partial charge on any atom is 0.0780 e. The van der Waals surface area contributed by atoms with Gasteiger partial charge in [-0.05, 0) is 38.5 Å². The predicted octanol–water partition coefficient (Wildman–Crippen LogP) is 4.85. The van der Waals surface area contributed by atoms with Crippen LogP contribution in [-0.2, 0) is 0 Å². The van der Waals surface area contributed by atoms with Crippen molar-refractivity contribution in [3.8, 4) is 0 Å². The van der Waals surface area contributed by atoms with E-state index in [2.05, 4.69) is 84.2 Å². The molecule has 0 bridgehead atoms. The Morgan fingerprint density at radius 2 is 0.314 bits per heavy atom. The van der Waals surface area contributed by atoms with E-state index >= 15 is 0 Å². The smallest absolute Gasteiger partial charge is 0.0780 e. The summed E-state index contributed by atoms with van der Waals surface area (Å²) in [5.41, 5.74) is 0. The van der Waals surface area contributed by atoms with E-state index < -0.39 is 0 Å². The first-order valence-electron chi connectivity index (χ1n) is 22.1. The topological polar surface area (TPSA) is 0 Å². The van der Waals surface area contributed by atoms with E-state index in [9.17, 15) is 0 Å². The van der Waals surface area contributed by atoms with Gasteiger partial charge in [-0.2, -0.15) is 0 Å². The minimum Gasteiger partial charge on any atom is -1.00 e. The summed E-state index contributed by atoms with van der Waals surface area (Å²) in [6, 6.07) is 0. The zero-order valence-corrected chi connectivity index (χ0v) is 40.1. The Kier molecular flexibility index (Phi) is 58.6. The lowest BCUT2D eigenvalue weighted by atomic mass is 10.1. The highest BCUT2D eigenvalue weighted by Gasteiger charge is 2.06. The van der Waals surface area contributed by atoms with Crippen LogP contribution < -0.4 is 37.2 Å². The van der Waals surface area contributed by atoms with E-state index in [1.165, 1.54) is 212 Å². The summed E-state index contributed by atoms with van der Waals surface area (Å²) in [6.07, 6.45) is 43.2. The van der Waals surface area contributed by atoms with Gasteiger partial charge in [-0.25, -0.2) is 0 Å². The van der Waals surface area contributed by atoms with Gasteiger partial charge in [0.25, 0.3) is 0 Å². The second-order valence-electron chi connectivity index (χ2n) is 18.6. The molecule has 0 spiro atoms. The molecule has 0 atom stereocenters. The fourth-order valence-corrected chi connectivity index (χ4v) is 6.22. The van der Waals surface area contributed by atoms with Crippen molar-refractivity contribution in [2.45, 2.75) is 213 Å². The van der Waals surface area contributed by atoms with Crippen molar-refractivity contribution in [1.29, 1.82) is 0 Å². The standard InChI is InChI=1S/3C15H34N.3ClH/c3*1-5-6-7-8-9-10-11-12-13-14-15-16(2,3)4;;;/h3*5-15H2,1-4H3;3*1H/q3*+1;;;/p-3. The maximum atomic E-state index is 2.29. The molecule has 0 fully saturated rings. The van der Waals surface area contributed by atoms with Gasteiger partial charge in [-0.3, -0.25) is 0 Å². The quantitative estimate of drug-likeness (QED) is 0.0660.